The van der Waals surface area contributed by atoms with Crippen molar-refractivity contribution in [2.24, 2.45) is 0 Å². The van der Waals surface area contributed by atoms with E-state index in [1.165, 1.54) is 0 Å². The molecule has 0 radical (unpaired) electrons. The molecular weight excluding hydrogens is 274 g/mol. The van der Waals surface area contributed by atoms with E-state index in [0.29, 0.717) is 6.54 Å². The van der Waals surface area contributed by atoms with Crippen LogP contribution in [0.3, 0.4) is 0 Å². The van der Waals surface area contributed by atoms with Crippen LogP contribution in [-0.4, -0.2) is 26.9 Å². The van der Waals surface area contributed by atoms with Gasteiger partial charge >= 0.3 is 0 Å². The topological polar surface area (TPSA) is 64.9 Å². The summed E-state index contributed by atoms with van der Waals surface area (Å²) in [5, 5.41) is 12.2. The third kappa shape index (κ3) is 2.44. The highest BCUT2D eigenvalue weighted by Gasteiger charge is 2.07. The zero-order chi connectivity index (χ0) is 13.9. The van der Waals surface area contributed by atoms with Crippen LogP contribution >= 0.6 is 11.3 Å². The van der Waals surface area contributed by atoms with Gasteiger partial charge in [-0.25, -0.2) is 4.98 Å². The lowest BCUT2D eigenvalue weighted by molar-refractivity contribution is 0.415. The number of hydrogen-bond donors (Lipinski definition) is 1. The van der Waals surface area contributed by atoms with Crippen molar-refractivity contribution >= 4 is 26.7 Å². The molecule has 0 fully saturated rings. The second-order valence-electron chi connectivity index (χ2n) is 4.24. The maximum absolute atomic E-state index is 5.22. The van der Waals surface area contributed by atoms with Gasteiger partial charge in [0.05, 0.1) is 23.9 Å². The van der Waals surface area contributed by atoms with Crippen molar-refractivity contribution in [3.63, 3.8) is 0 Å². The molecule has 0 saturated carbocycles. The number of aryl methyl sites for hydroxylation is 1. The van der Waals surface area contributed by atoms with Crippen LogP contribution in [0, 0.1) is 0 Å². The predicted octanol–water partition coefficient (Wildman–Crippen LogP) is 2.53. The number of nitrogens with zero attached hydrogens (tertiary/aromatic N) is 4. The first kappa shape index (κ1) is 12.9. The van der Waals surface area contributed by atoms with Gasteiger partial charge in [0.25, 0.3) is 0 Å². The third-order valence-electron chi connectivity index (χ3n) is 3.03. The normalized spacial score (nSPS) is 10.9. The van der Waals surface area contributed by atoms with E-state index < -0.39 is 0 Å². The van der Waals surface area contributed by atoms with Gasteiger partial charge in [0.15, 0.2) is 11.0 Å². The van der Waals surface area contributed by atoms with Crippen molar-refractivity contribution in [1.82, 2.24) is 19.7 Å². The highest BCUT2D eigenvalue weighted by molar-refractivity contribution is 7.22. The number of thiazole rings is 1. The van der Waals surface area contributed by atoms with Gasteiger partial charge in [-0.2, -0.15) is 0 Å². The lowest BCUT2D eigenvalue weighted by atomic mass is 10.3. The van der Waals surface area contributed by atoms with Crippen LogP contribution in [0.25, 0.3) is 10.2 Å². The quantitative estimate of drug-likeness (QED) is 0.782. The molecule has 0 aliphatic carbocycles. The summed E-state index contributed by atoms with van der Waals surface area (Å²) < 4.78 is 8.32. The summed E-state index contributed by atoms with van der Waals surface area (Å²) in [7, 11) is 1.67. The highest BCUT2D eigenvalue weighted by Crippen LogP contribution is 2.29. The Balaban J connectivity index is 1.77. The Morgan fingerprint density at radius 1 is 1.40 bits per heavy atom. The van der Waals surface area contributed by atoms with Gasteiger partial charge in [-0.05, 0) is 25.1 Å². The molecule has 1 aromatic carbocycles. The molecule has 2 heterocycles. The van der Waals surface area contributed by atoms with E-state index in [4.69, 9.17) is 4.74 Å². The van der Waals surface area contributed by atoms with Crippen LogP contribution in [0.1, 0.15) is 12.7 Å². The zero-order valence-electron chi connectivity index (χ0n) is 11.3. The molecule has 2 aromatic heterocycles. The Morgan fingerprint density at radius 2 is 2.30 bits per heavy atom. The van der Waals surface area contributed by atoms with Crippen LogP contribution in [0.4, 0.5) is 5.13 Å². The van der Waals surface area contributed by atoms with Gasteiger partial charge in [-0.1, -0.05) is 11.3 Å². The number of nitrogens with one attached hydrogen (secondary N) is 1. The molecule has 0 aliphatic rings. The van der Waals surface area contributed by atoms with E-state index in [1.807, 2.05) is 22.8 Å². The summed E-state index contributed by atoms with van der Waals surface area (Å²) in [5.74, 6) is 1.75. The summed E-state index contributed by atoms with van der Waals surface area (Å²) in [6.45, 7) is 3.54. The number of anilines is 1. The fourth-order valence-corrected chi connectivity index (χ4v) is 2.83. The van der Waals surface area contributed by atoms with Crippen LogP contribution in [0.2, 0.25) is 0 Å². The van der Waals surface area contributed by atoms with Gasteiger partial charge in [0.2, 0.25) is 0 Å². The minimum Gasteiger partial charge on any atom is -0.497 e. The van der Waals surface area contributed by atoms with E-state index in [-0.39, 0.29) is 0 Å². The smallest absolute Gasteiger partial charge is 0.184 e. The molecule has 0 unspecified atom stereocenters. The van der Waals surface area contributed by atoms with E-state index in [1.54, 1.807) is 24.8 Å². The Hall–Kier alpha value is -2.15. The minimum atomic E-state index is 0.616. The molecular formula is C13H15N5OS. The number of rotatable bonds is 5. The van der Waals surface area contributed by atoms with E-state index >= 15 is 0 Å². The standard InChI is InChI=1S/C13H15N5OS/c1-3-18-8-15-17-12(18)7-14-13-16-10-5-4-9(19-2)6-11(10)20-13/h4-6,8H,3,7H2,1-2H3,(H,14,16). The highest BCUT2D eigenvalue weighted by atomic mass is 32.1. The lowest BCUT2D eigenvalue weighted by Gasteiger charge is -2.03. The van der Waals surface area contributed by atoms with E-state index in [0.717, 1.165) is 33.5 Å². The fourth-order valence-electron chi connectivity index (χ4n) is 1.94. The Bertz CT molecular complexity index is 720. The van der Waals surface area contributed by atoms with Crippen molar-refractivity contribution in [1.29, 1.82) is 0 Å². The van der Waals surface area contributed by atoms with Crippen LogP contribution in [0.5, 0.6) is 5.75 Å². The number of hydrogen-bond acceptors (Lipinski definition) is 6. The summed E-state index contributed by atoms with van der Waals surface area (Å²) in [5.41, 5.74) is 0.968. The maximum atomic E-state index is 5.22. The zero-order valence-corrected chi connectivity index (χ0v) is 12.1. The van der Waals surface area contributed by atoms with Crippen molar-refractivity contribution in [2.45, 2.75) is 20.0 Å². The van der Waals surface area contributed by atoms with Crippen LogP contribution in [-0.2, 0) is 13.1 Å². The molecule has 7 heteroatoms. The predicted molar refractivity (Wildman–Crippen MR) is 79.2 cm³/mol. The van der Waals surface area contributed by atoms with Crippen molar-refractivity contribution in [3.05, 3.63) is 30.4 Å². The molecule has 3 aromatic rings. The molecule has 0 aliphatic heterocycles. The maximum Gasteiger partial charge on any atom is 0.184 e. The number of fused-ring (bicyclic) bond motifs is 1. The summed E-state index contributed by atoms with van der Waals surface area (Å²) in [4.78, 5) is 4.54. The third-order valence-corrected chi connectivity index (χ3v) is 4.01. The largest absolute Gasteiger partial charge is 0.497 e. The average Bonchev–Trinajstić information content (AvgIpc) is 3.09. The molecule has 0 amide bonds. The van der Waals surface area contributed by atoms with Crippen molar-refractivity contribution in [3.8, 4) is 5.75 Å². The van der Waals surface area contributed by atoms with Gasteiger partial charge in [-0.3, -0.25) is 0 Å². The average molecular weight is 289 g/mol. The molecule has 3 rings (SSSR count). The molecule has 20 heavy (non-hydrogen) atoms. The number of aromatic nitrogens is 4. The van der Waals surface area contributed by atoms with Crippen LogP contribution < -0.4 is 10.1 Å². The number of benzene rings is 1. The lowest BCUT2D eigenvalue weighted by Crippen LogP contribution is -2.07. The summed E-state index contributed by atoms with van der Waals surface area (Å²) in [6, 6.07) is 5.87. The first-order valence-electron chi connectivity index (χ1n) is 6.35. The second-order valence-corrected chi connectivity index (χ2v) is 5.27. The Kier molecular flexibility index (Phi) is 3.51. The molecule has 1 N–H and O–H groups in total. The first-order valence-corrected chi connectivity index (χ1v) is 7.17. The number of ether oxygens (including phenoxy) is 1. The number of methoxy groups -OCH3 is 1. The van der Waals surface area contributed by atoms with E-state index in [9.17, 15) is 0 Å². The molecule has 0 atom stereocenters. The molecule has 0 saturated heterocycles. The summed E-state index contributed by atoms with van der Waals surface area (Å²) in [6.07, 6.45) is 1.74. The second kappa shape index (κ2) is 5.46. The fraction of sp³-hybridized carbons (Fsp3) is 0.308. The van der Waals surface area contributed by atoms with Gasteiger partial charge in [0, 0.05) is 6.54 Å². The minimum absolute atomic E-state index is 0.616. The molecule has 0 bridgehead atoms. The van der Waals surface area contributed by atoms with Crippen molar-refractivity contribution < 1.29 is 4.74 Å². The van der Waals surface area contributed by atoms with Gasteiger partial charge < -0.3 is 14.6 Å². The monoisotopic (exact) mass is 289 g/mol. The molecule has 6 nitrogen and oxygen atoms in total. The SMILES string of the molecule is CCn1cnnc1CNc1nc2ccc(OC)cc2s1. The van der Waals surface area contributed by atoms with Gasteiger partial charge in [-0.15, -0.1) is 10.2 Å². The summed E-state index contributed by atoms with van der Waals surface area (Å²) >= 11 is 1.60. The molecule has 104 valence electrons. The Morgan fingerprint density at radius 3 is 3.10 bits per heavy atom. The van der Waals surface area contributed by atoms with Gasteiger partial charge in [0.1, 0.15) is 12.1 Å². The van der Waals surface area contributed by atoms with E-state index in [2.05, 4.69) is 27.4 Å². The van der Waals surface area contributed by atoms with Crippen LogP contribution in [0.15, 0.2) is 24.5 Å². The molecule has 0 spiro atoms. The first-order chi connectivity index (χ1) is 9.80. The Labute approximate surface area is 120 Å². The van der Waals surface area contributed by atoms with Crippen molar-refractivity contribution in [2.75, 3.05) is 12.4 Å².